The van der Waals surface area contributed by atoms with Gasteiger partial charge in [-0.3, -0.25) is 0 Å². The Morgan fingerprint density at radius 1 is 1.35 bits per heavy atom. The molecule has 0 spiro atoms. The summed E-state index contributed by atoms with van der Waals surface area (Å²) in [7, 11) is -3.58. The number of H-pyrrole nitrogens is 1. The minimum atomic E-state index is -3.58. The van der Waals surface area contributed by atoms with Crippen LogP contribution in [0, 0.1) is 11.3 Å². The van der Waals surface area contributed by atoms with E-state index in [1.165, 1.54) is 18.3 Å². The van der Waals surface area contributed by atoms with E-state index in [0.717, 1.165) is 5.82 Å². The summed E-state index contributed by atoms with van der Waals surface area (Å²) in [6, 6.07) is 4.57. The van der Waals surface area contributed by atoms with E-state index in [0.29, 0.717) is 19.4 Å². The third-order valence-electron chi connectivity index (χ3n) is 2.60. The van der Waals surface area contributed by atoms with Crippen molar-refractivity contribution in [2.24, 2.45) is 0 Å². The third kappa shape index (κ3) is 3.63. The minimum absolute atomic E-state index is 0.0505. The Bertz CT molecular complexity index is 686. The van der Waals surface area contributed by atoms with Crippen molar-refractivity contribution in [1.29, 1.82) is 5.26 Å². The van der Waals surface area contributed by atoms with Crippen molar-refractivity contribution in [3.8, 4) is 6.07 Å². The second kappa shape index (κ2) is 6.27. The highest BCUT2D eigenvalue weighted by Crippen LogP contribution is 2.07. The number of aryl methyl sites for hydroxylation is 1. The van der Waals surface area contributed by atoms with Gasteiger partial charge in [-0.05, 0) is 18.6 Å². The normalized spacial score (nSPS) is 11.2. The topological polar surface area (TPSA) is 112 Å². The predicted molar refractivity (Wildman–Crippen MR) is 71.0 cm³/mol. The molecule has 0 bridgehead atoms. The third-order valence-corrected chi connectivity index (χ3v) is 4.04. The summed E-state index contributed by atoms with van der Waals surface area (Å²) < 4.78 is 26.4. The number of aromatic amines is 1. The molecule has 2 rings (SSSR count). The summed E-state index contributed by atoms with van der Waals surface area (Å²) in [6.45, 7) is 0.309. The Balaban J connectivity index is 1.88. The zero-order chi connectivity index (χ0) is 14.4. The van der Waals surface area contributed by atoms with E-state index >= 15 is 0 Å². The quantitative estimate of drug-likeness (QED) is 0.756. The average Bonchev–Trinajstić information content (AvgIpc) is 2.97. The fourth-order valence-corrected chi connectivity index (χ4v) is 2.60. The molecule has 0 radical (unpaired) electrons. The molecule has 0 unspecified atom stereocenters. The van der Waals surface area contributed by atoms with Gasteiger partial charge >= 0.3 is 0 Å². The zero-order valence-corrected chi connectivity index (χ0v) is 11.4. The lowest BCUT2D eigenvalue weighted by Gasteiger charge is -2.05. The monoisotopic (exact) mass is 291 g/mol. The lowest BCUT2D eigenvalue weighted by Crippen LogP contribution is -2.25. The van der Waals surface area contributed by atoms with E-state index in [2.05, 4.69) is 19.7 Å². The molecule has 0 fully saturated rings. The molecule has 0 aliphatic rings. The summed E-state index contributed by atoms with van der Waals surface area (Å²) in [6.07, 6.45) is 5.86. The van der Waals surface area contributed by atoms with Crippen LogP contribution in [0.4, 0.5) is 0 Å². The van der Waals surface area contributed by atoms with Crippen molar-refractivity contribution in [1.82, 2.24) is 19.7 Å². The fraction of sp³-hybridized carbons (Fsp3) is 0.250. The van der Waals surface area contributed by atoms with E-state index in [1.807, 2.05) is 6.07 Å². The molecule has 7 nitrogen and oxygen atoms in total. The van der Waals surface area contributed by atoms with Crippen LogP contribution in [0.3, 0.4) is 0 Å². The highest BCUT2D eigenvalue weighted by molar-refractivity contribution is 7.89. The van der Waals surface area contributed by atoms with Crippen LogP contribution in [0.5, 0.6) is 0 Å². The molecule has 0 atom stereocenters. The van der Waals surface area contributed by atoms with Gasteiger partial charge < -0.3 is 4.98 Å². The Kier molecular flexibility index (Phi) is 4.45. The molecule has 2 heterocycles. The lowest BCUT2D eigenvalue weighted by molar-refractivity contribution is 0.578. The van der Waals surface area contributed by atoms with Gasteiger partial charge in [0, 0.05) is 31.6 Å². The zero-order valence-electron chi connectivity index (χ0n) is 10.6. The lowest BCUT2D eigenvalue weighted by atomic mass is 10.3. The van der Waals surface area contributed by atoms with Gasteiger partial charge in [0.1, 0.15) is 22.5 Å². The van der Waals surface area contributed by atoms with Crippen molar-refractivity contribution in [3.63, 3.8) is 0 Å². The molecule has 2 N–H and O–H groups in total. The summed E-state index contributed by atoms with van der Waals surface area (Å²) in [4.78, 5) is 10.8. The largest absolute Gasteiger partial charge is 0.349 e. The van der Waals surface area contributed by atoms with Crippen LogP contribution in [0.2, 0.25) is 0 Å². The van der Waals surface area contributed by atoms with Crippen molar-refractivity contribution in [2.45, 2.75) is 17.7 Å². The number of imidazole rings is 1. The number of hydrogen-bond acceptors (Lipinski definition) is 5. The van der Waals surface area contributed by atoms with Crippen LogP contribution in [0.25, 0.3) is 0 Å². The molecule has 0 aromatic carbocycles. The number of rotatable bonds is 6. The minimum Gasteiger partial charge on any atom is -0.349 e. The fourth-order valence-electron chi connectivity index (χ4n) is 1.59. The van der Waals surface area contributed by atoms with E-state index in [4.69, 9.17) is 5.26 Å². The molecule has 2 aromatic rings. The Labute approximate surface area is 116 Å². The Hall–Kier alpha value is -2.24. The highest BCUT2D eigenvalue weighted by atomic mass is 32.2. The highest BCUT2D eigenvalue weighted by Gasteiger charge is 2.13. The van der Waals surface area contributed by atoms with Crippen molar-refractivity contribution in [3.05, 3.63) is 42.2 Å². The summed E-state index contributed by atoms with van der Waals surface area (Å²) in [5.41, 5.74) is 0.182. The molecule has 0 aliphatic heterocycles. The van der Waals surface area contributed by atoms with Crippen LogP contribution in [0.15, 0.2) is 35.6 Å². The van der Waals surface area contributed by atoms with Crippen LogP contribution in [0.1, 0.15) is 17.9 Å². The maximum Gasteiger partial charge on any atom is 0.242 e. The molecule has 104 valence electrons. The number of nitrogens with one attached hydrogen (secondary N) is 2. The van der Waals surface area contributed by atoms with Gasteiger partial charge in [0.25, 0.3) is 0 Å². The standard InChI is InChI=1S/C12H13N5O2S/c13-8-10-3-4-11(9-16-10)20(18,19)17-5-1-2-12-14-6-7-15-12/h3-4,6-7,9,17H,1-2,5H2,(H,14,15). The molecule has 0 saturated carbocycles. The molecular formula is C12H13N5O2S. The van der Waals surface area contributed by atoms with Crippen LogP contribution >= 0.6 is 0 Å². The number of nitriles is 1. The predicted octanol–water partition coefficient (Wildman–Crippen LogP) is 0.587. The van der Waals surface area contributed by atoms with Gasteiger partial charge in [0.05, 0.1) is 0 Å². The average molecular weight is 291 g/mol. The van der Waals surface area contributed by atoms with Gasteiger partial charge in [0.2, 0.25) is 10.0 Å². The van der Waals surface area contributed by atoms with Crippen molar-refractivity contribution < 1.29 is 8.42 Å². The first kappa shape index (κ1) is 14.2. The number of aromatic nitrogens is 3. The molecule has 0 saturated heterocycles. The first-order valence-corrected chi connectivity index (χ1v) is 7.44. The van der Waals surface area contributed by atoms with E-state index in [9.17, 15) is 8.42 Å². The maximum absolute atomic E-state index is 11.9. The molecule has 8 heteroatoms. The first-order chi connectivity index (χ1) is 9.62. The van der Waals surface area contributed by atoms with Crippen molar-refractivity contribution >= 4 is 10.0 Å². The van der Waals surface area contributed by atoms with Gasteiger partial charge in [-0.1, -0.05) is 0 Å². The van der Waals surface area contributed by atoms with E-state index in [1.54, 1.807) is 12.4 Å². The summed E-state index contributed by atoms with van der Waals surface area (Å²) in [5.74, 6) is 0.823. The molecule has 20 heavy (non-hydrogen) atoms. The number of nitrogens with zero attached hydrogens (tertiary/aromatic N) is 3. The van der Waals surface area contributed by atoms with E-state index in [-0.39, 0.29) is 10.6 Å². The maximum atomic E-state index is 11.9. The molecule has 0 aliphatic carbocycles. The number of pyridine rings is 1. The summed E-state index contributed by atoms with van der Waals surface area (Å²) in [5, 5.41) is 8.61. The van der Waals surface area contributed by atoms with Crippen LogP contribution in [-0.2, 0) is 16.4 Å². The van der Waals surface area contributed by atoms with Crippen molar-refractivity contribution in [2.75, 3.05) is 6.54 Å². The molecule has 0 amide bonds. The second-order valence-electron chi connectivity index (χ2n) is 4.03. The Morgan fingerprint density at radius 3 is 2.80 bits per heavy atom. The van der Waals surface area contributed by atoms with Gasteiger partial charge in [-0.25, -0.2) is 23.1 Å². The van der Waals surface area contributed by atoms with Crippen LogP contribution in [-0.4, -0.2) is 29.9 Å². The first-order valence-electron chi connectivity index (χ1n) is 5.96. The van der Waals surface area contributed by atoms with Gasteiger partial charge in [0.15, 0.2) is 0 Å². The second-order valence-corrected chi connectivity index (χ2v) is 5.80. The number of sulfonamides is 1. The smallest absolute Gasteiger partial charge is 0.242 e. The van der Waals surface area contributed by atoms with E-state index < -0.39 is 10.0 Å². The number of hydrogen-bond donors (Lipinski definition) is 2. The summed E-state index contributed by atoms with van der Waals surface area (Å²) >= 11 is 0. The van der Waals surface area contributed by atoms with Gasteiger partial charge in [-0.15, -0.1) is 0 Å². The SMILES string of the molecule is N#Cc1ccc(S(=O)(=O)NCCCc2ncc[nH]2)cn1. The van der Waals surface area contributed by atoms with Gasteiger partial charge in [-0.2, -0.15) is 5.26 Å². The Morgan fingerprint density at radius 2 is 2.20 bits per heavy atom. The van der Waals surface area contributed by atoms with Crippen LogP contribution < -0.4 is 4.72 Å². The molecular weight excluding hydrogens is 278 g/mol. The molecule has 2 aromatic heterocycles.